The van der Waals surface area contributed by atoms with Crippen molar-refractivity contribution in [3.63, 3.8) is 0 Å². The van der Waals surface area contributed by atoms with E-state index < -0.39 is 9.84 Å². The Kier molecular flexibility index (Phi) is 8.16. The molecule has 2 N–H and O–H groups in total. The van der Waals surface area contributed by atoms with E-state index in [2.05, 4.69) is 49.6 Å². The number of rotatable bonds is 8. The van der Waals surface area contributed by atoms with E-state index in [0.717, 1.165) is 44.0 Å². The molecule has 8 nitrogen and oxygen atoms in total. The van der Waals surface area contributed by atoms with Crippen molar-refractivity contribution in [1.29, 1.82) is 0 Å². The molecule has 2 heterocycles. The number of hydrogen-bond donors (Lipinski definition) is 2. The minimum Gasteiger partial charge on any atom is -0.340 e. The van der Waals surface area contributed by atoms with Crippen LogP contribution in [0.5, 0.6) is 0 Å². The van der Waals surface area contributed by atoms with Gasteiger partial charge in [0.15, 0.2) is 9.84 Å². The molecule has 37 heavy (non-hydrogen) atoms. The maximum atomic E-state index is 12.9. The van der Waals surface area contributed by atoms with Crippen LogP contribution in [0, 0.1) is 12.3 Å². The predicted molar refractivity (Wildman–Crippen MR) is 151 cm³/mol. The molecule has 0 unspecified atom stereocenters. The lowest BCUT2D eigenvalue weighted by molar-refractivity contribution is 0.148. The van der Waals surface area contributed by atoms with Gasteiger partial charge in [-0.3, -0.25) is 4.90 Å². The third-order valence-corrected chi connectivity index (χ3v) is 8.48. The van der Waals surface area contributed by atoms with Crippen LogP contribution in [0.4, 0.5) is 23.1 Å². The van der Waals surface area contributed by atoms with E-state index in [-0.39, 0.29) is 11.2 Å². The van der Waals surface area contributed by atoms with Crippen LogP contribution in [-0.4, -0.2) is 67.2 Å². The molecule has 1 aromatic heterocycles. The van der Waals surface area contributed by atoms with Gasteiger partial charge in [-0.1, -0.05) is 39.0 Å². The highest BCUT2D eigenvalue weighted by Crippen LogP contribution is 2.26. The third-order valence-electron chi connectivity index (χ3n) is 6.26. The van der Waals surface area contributed by atoms with Crippen LogP contribution in [0.25, 0.3) is 0 Å². The molecule has 9 heteroatoms. The quantitative estimate of drug-likeness (QED) is 0.434. The first kappa shape index (κ1) is 27.0. The average molecular weight is 523 g/mol. The first-order valence-electron chi connectivity index (χ1n) is 12.7. The smallest absolute Gasteiger partial charge is 0.229 e. The molecule has 0 saturated carbocycles. The van der Waals surface area contributed by atoms with Crippen LogP contribution in [0.15, 0.2) is 59.6 Å². The van der Waals surface area contributed by atoms with Gasteiger partial charge in [-0.2, -0.15) is 4.98 Å². The molecule has 198 valence electrons. The number of benzene rings is 2. The number of piperazine rings is 1. The van der Waals surface area contributed by atoms with E-state index in [1.54, 1.807) is 24.4 Å². The lowest BCUT2D eigenvalue weighted by Gasteiger charge is -2.32. The van der Waals surface area contributed by atoms with Crippen LogP contribution < -0.4 is 10.6 Å². The van der Waals surface area contributed by atoms with Crippen molar-refractivity contribution in [3.8, 4) is 0 Å². The summed E-state index contributed by atoms with van der Waals surface area (Å²) in [5.41, 5.74) is 3.39. The third kappa shape index (κ3) is 7.74. The van der Waals surface area contributed by atoms with Gasteiger partial charge in [-0.15, -0.1) is 0 Å². The molecular weight excluding hydrogens is 484 g/mol. The van der Waals surface area contributed by atoms with Crippen molar-refractivity contribution in [3.05, 3.63) is 65.9 Å². The molecule has 0 amide bonds. The van der Waals surface area contributed by atoms with Gasteiger partial charge in [-0.25, -0.2) is 13.4 Å². The first-order chi connectivity index (χ1) is 17.5. The van der Waals surface area contributed by atoms with Crippen LogP contribution >= 0.6 is 0 Å². The van der Waals surface area contributed by atoms with Gasteiger partial charge in [-0.05, 0) is 55.3 Å². The van der Waals surface area contributed by atoms with Gasteiger partial charge in [0.05, 0.1) is 10.6 Å². The molecule has 1 aliphatic rings. The fourth-order valence-corrected chi connectivity index (χ4v) is 6.17. The zero-order valence-corrected chi connectivity index (χ0v) is 23.3. The lowest BCUT2D eigenvalue weighted by atomic mass is 10.0. The summed E-state index contributed by atoms with van der Waals surface area (Å²) in [7, 11) is -1.23. The average Bonchev–Trinajstić information content (AvgIpc) is 2.83. The Morgan fingerprint density at radius 1 is 0.946 bits per heavy atom. The fraction of sp³-hybridized carbons (Fsp3) is 0.429. The summed E-state index contributed by atoms with van der Waals surface area (Å²) in [6.45, 7) is 13.0. The summed E-state index contributed by atoms with van der Waals surface area (Å²) in [5, 5.41) is 6.54. The van der Waals surface area contributed by atoms with Gasteiger partial charge in [0, 0.05) is 55.9 Å². The Balaban J connectivity index is 1.43. The Hall–Kier alpha value is -3.01. The van der Waals surface area contributed by atoms with Crippen molar-refractivity contribution >= 4 is 33.0 Å². The molecule has 1 saturated heterocycles. The van der Waals surface area contributed by atoms with Crippen molar-refractivity contribution < 1.29 is 8.42 Å². The summed E-state index contributed by atoms with van der Waals surface area (Å²) < 4.78 is 25.7. The van der Waals surface area contributed by atoms with Crippen LogP contribution in [-0.2, 0) is 16.4 Å². The molecule has 1 fully saturated rings. The fourth-order valence-electron chi connectivity index (χ4n) is 4.27. The Labute approximate surface area is 221 Å². The number of hydrogen-bond acceptors (Lipinski definition) is 8. The molecule has 2 aromatic carbocycles. The second-order valence-electron chi connectivity index (χ2n) is 11.1. The molecule has 1 aliphatic heterocycles. The molecule has 0 bridgehead atoms. The first-order valence-corrected chi connectivity index (χ1v) is 14.3. The normalized spacial score (nSPS) is 15.5. The van der Waals surface area contributed by atoms with Crippen molar-refractivity contribution in [2.75, 3.05) is 49.6 Å². The summed E-state index contributed by atoms with van der Waals surface area (Å²) >= 11 is 0. The van der Waals surface area contributed by atoms with E-state index >= 15 is 0 Å². The summed E-state index contributed by atoms with van der Waals surface area (Å²) in [6.07, 6.45) is 1.75. The molecule has 0 aliphatic carbocycles. The minimum absolute atomic E-state index is 0.0816. The van der Waals surface area contributed by atoms with Gasteiger partial charge in [0.25, 0.3) is 0 Å². The lowest BCUT2D eigenvalue weighted by Crippen LogP contribution is -2.43. The molecule has 0 spiro atoms. The minimum atomic E-state index is -3.40. The largest absolute Gasteiger partial charge is 0.340 e. The Morgan fingerprint density at radius 3 is 2.32 bits per heavy atom. The summed E-state index contributed by atoms with van der Waals surface area (Å²) in [6, 6.07) is 15.3. The second-order valence-corrected chi connectivity index (χ2v) is 13.1. The van der Waals surface area contributed by atoms with Crippen molar-refractivity contribution in [1.82, 2.24) is 19.8 Å². The van der Waals surface area contributed by atoms with Gasteiger partial charge in [0.2, 0.25) is 5.95 Å². The van der Waals surface area contributed by atoms with Gasteiger partial charge in [0.1, 0.15) is 5.82 Å². The second kappa shape index (κ2) is 11.2. The number of sulfone groups is 1. The molecule has 4 rings (SSSR count). The van der Waals surface area contributed by atoms with Crippen LogP contribution in [0.1, 0.15) is 31.9 Å². The maximum Gasteiger partial charge on any atom is 0.229 e. The van der Waals surface area contributed by atoms with Gasteiger partial charge < -0.3 is 15.5 Å². The van der Waals surface area contributed by atoms with Crippen LogP contribution in [0.2, 0.25) is 0 Å². The number of likely N-dealkylation sites (N-methyl/N-ethyl adjacent to an activating group) is 1. The highest BCUT2D eigenvalue weighted by molar-refractivity contribution is 7.91. The zero-order valence-electron chi connectivity index (χ0n) is 22.5. The highest BCUT2D eigenvalue weighted by Gasteiger charge is 2.23. The SMILES string of the molecule is Cc1cnc(Nc2ccc(CN3CCN(C)CC3)cc2)nc1Nc1cccc(S(=O)(=O)CC(C)(C)C)c1. The monoisotopic (exact) mass is 522 g/mol. The number of anilines is 4. The topological polar surface area (TPSA) is 90.5 Å². The van der Waals surface area contributed by atoms with E-state index in [1.807, 2.05) is 45.9 Å². The predicted octanol–water partition coefficient (Wildman–Crippen LogP) is 4.84. The van der Waals surface area contributed by atoms with E-state index in [0.29, 0.717) is 22.3 Å². The summed E-state index contributed by atoms with van der Waals surface area (Å²) in [4.78, 5) is 14.2. The van der Waals surface area contributed by atoms with E-state index in [4.69, 9.17) is 0 Å². The molecular formula is C28H38N6O2S. The van der Waals surface area contributed by atoms with Crippen molar-refractivity contribution in [2.24, 2.45) is 5.41 Å². The molecule has 3 aromatic rings. The standard InChI is InChI=1S/C28H38N6O2S/c1-21-18-29-27(31-23-11-9-22(10-12-23)19-34-15-13-33(5)14-16-34)32-26(21)30-24-7-6-8-25(17-24)37(35,36)20-28(2,3)4/h6-12,17-18H,13-16,19-20H2,1-5H3,(H2,29,30,31,32). The number of aryl methyl sites for hydroxylation is 1. The van der Waals surface area contributed by atoms with Gasteiger partial charge >= 0.3 is 0 Å². The summed E-state index contributed by atoms with van der Waals surface area (Å²) in [5.74, 6) is 1.17. The number of aromatic nitrogens is 2. The zero-order chi connectivity index (χ0) is 26.6. The Morgan fingerprint density at radius 2 is 1.65 bits per heavy atom. The molecule has 0 radical (unpaired) electrons. The highest BCUT2D eigenvalue weighted by atomic mass is 32.2. The van der Waals surface area contributed by atoms with E-state index in [1.165, 1.54) is 5.56 Å². The van der Waals surface area contributed by atoms with E-state index in [9.17, 15) is 8.42 Å². The Bertz CT molecular complexity index is 1310. The maximum absolute atomic E-state index is 12.9. The van der Waals surface area contributed by atoms with Crippen molar-refractivity contribution in [2.45, 2.75) is 39.1 Å². The molecule has 0 atom stereocenters. The van der Waals surface area contributed by atoms with Crippen LogP contribution in [0.3, 0.4) is 0 Å². The number of nitrogens with one attached hydrogen (secondary N) is 2. The number of nitrogens with zero attached hydrogens (tertiary/aromatic N) is 4.